The summed E-state index contributed by atoms with van der Waals surface area (Å²) >= 11 is 0. The Balaban J connectivity index is 2.61. The van der Waals surface area contributed by atoms with Gasteiger partial charge in [0.15, 0.2) is 0 Å². The number of primary sulfonamides is 1. The highest BCUT2D eigenvalue weighted by Gasteiger charge is 2.06. The molecule has 1 rings (SSSR count). The quantitative estimate of drug-likeness (QED) is 0.632. The van der Waals surface area contributed by atoms with Crippen LogP contribution >= 0.6 is 0 Å². The molecular formula is C11H13NO3S. The van der Waals surface area contributed by atoms with Crippen molar-refractivity contribution in [1.82, 2.24) is 0 Å². The first-order valence-corrected chi connectivity index (χ1v) is 6.24. The lowest BCUT2D eigenvalue weighted by molar-refractivity contribution is 0.327. The highest BCUT2D eigenvalue weighted by Crippen LogP contribution is 2.14. The maximum absolute atomic E-state index is 11.0. The summed E-state index contributed by atoms with van der Waals surface area (Å²) < 4.78 is 27.3. The Bertz CT molecular complexity index is 494. The van der Waals surface area contributed by atoms with Gasteiger partial charge in [0.25, 0.3) is 0 Å². The standard InChI is InChI=1S/C11H13NO3S/c1-2-3-4-9-15-10-5-7-11(8-6-10)16(12,13)14/h5-8H,4,9H2,1H3,(H2,12,13,14). The number of benzene rings is 1. The van der Waals surface area contributed by atoms with Crippen molar-refractivity contribution in [1.29, 1.82) is 0 Å². The van der Waals surface area contributed by atoms with Crippen molar-refractivity contribution in [2.24, 2.45) is 5.14 Å². The lowest BCUT2D eigenvalue weighted by atomic mass is 10.3. The van der Waals surface area contributed by atoms with Crippen molar-refractivity contribution in [3.63, 3.8) is 0 Å². The molecule has 0 saturated heterocycles. The zero-order valence-electron chi connectivity index (χ0n) is 8.93. The lowest BCUT2D eigenvalue weighted by Crippen LogP contribution is -2.11. The van der Waals surface area contributed by atoms with Crippen LogP contribution in [0.1, 0.15) is 13.3 Å². The minimum Gasteiger partial charge on any atom is -0.493 e. The molecule has 16 heavy (non-hydrogen) atoms. The third kappa shape index (κ3) is 3.93. The topological polar surface area (TPSA) is 69.4 Å². The summed E-state index contributed by atoms with van der Waals surface area (Å²) in [4.78, 5) is 0.0770. The van der Waals surface area contributed by atoms with E-state index in [9.17, 15) is 8.42 Å². The van der Waals surface area contributed by atoms with Gasteiger partial charge >= 0.3 is 0 Å². The molecule has 86 valence electrons. The van der Waals surface area contributed by atoms with E-state index in [0.717, 1.165) is 0 Å². The molecular weight excluding hydrogens is 226 g/mol. The molecule has 1 aromatic rings. The molecule has 0 saturated carbocycles. The zero-order chi connectivity index (χ0) is 12.0. The average Bonchev–Trinajstić information content (AvgIpc) is 2.24. The normalized spacial score (nSPS) is 10.4. The summed E-state index contributed by atoms with van der Waals surface area (Å²) in [6.45, 7) is 2.25. The van der Waals surface area contributed by atoms with Crippen LogP contribution in [0, 0.1) is 11.8 Å². The van der Waals surface area contributed by atoms with Crippen molar-refractivity contribution >= 4 is 10.0 Å². The van der Waals surface area contributed by atoms with Crippen molar-refractivity contribution in [2.45, 2.75) is 18.2 Å². The zero-order valence-corrected chi connectivity index (χ0v) is 9.75. The fourth-order valence-corrected chi connectivity index (χ4v) is 1.59. The largest absolute Gasteiger partial charge is 0.493 e. The summed E-state index contributed by atoms with van der Waals surface area (Å²) in [5.74, 6) is 6.22. The lowest BCUT2D eigenvalue weighted by Gasteiger charge is -2.04. The molecule has 5 heteroatoms. The number of hydrogen-bond acceptors (Lipinski definition) is 3. The van der Waals surface area contributed by atoms with E-state index in [4.69, 9.17) is 9.88 Å². The Hall–Kier alpha value is -1.51. The molecule has 0 atom stereocenters. The van der Waals surface area contributed by atoms with E-state index in [1.165, 1.54) is 12.1 Å². The van der Waals surface area contributed by atoms with Crippen LogP contribution in [0.5, 0.6) is 5.75 Å². The second-order valence-electron chi connectivity index (χ2n) is 3.04. The number of nitrogens with two attached hydrogens (primary N) is 1. The van der Waals surface area contributed by atoms with Crippen LogP contribution in [0.15, 0.2) is 29.2 Å². The van der Waals surface area contributed by atoms with E-state index in [1.807, 2.05) is 0 Å². The second kappa shape index (κ2) is 5.54. The molecule has 0 spiro atoms. The van der Waals surface area contributed by atoms with E-state index < -0.39 is 10.0 Å². The van der Waals surface area contributed by atoms with Crippen LogP contribution in [0.2, 0.25) is 0 Å². The molecule has 0 radical (unpaired) electrons. The minimum atomic E-state index is -3.63. The molecule has 0 aromatic heterocycles. The van der Waals surface area contributed by atoms with Gasteiger partial charge in [-0.2, -0.15) is 0 Å². The van der Waals surface area contributed by atoms with Crippen LogP contribution < -0.4 is 9.88 Å². The number of rotatable bonds is 4. The smallest absolute Gasteiger partial charge is 0.238 e. The van der Waals surface area contributed by atoms with E-state index in [2.05, 4.69) is 11.8 Å². The molecule has 0 aliphatic carbocycles. The maximum Gasteiger partial charge on any atom is 0.238 e. The van der Waals surface area contributed by atoms with E-state index in [0.29, 0.717) is 18.8 Å². The molecule has 0 heterocycles. The van der Waals surface area contributed by atoms with Crippen LogP contribution in [0.3, 0.4) is 0 Å². The van der Waals surface area contributed by atoms with Crippen LogP contribution in [-0.4, -0.2) is 15.0 Å². The molecule has 0 aliphatic heterocycles. The first-order valence-electron chi connectivity index (χ1n) is 4.69. The van der Waals surface area contributed by atoms with Gasteiger partial charge in [-0.15, -0.1) is 11.8 Å². The maximum atomic E-state index is 11.0. The second-order valence-corrected chi connectivity index (χ2v) is 4.60. The summed E-state index contributed by atoms with van der Waals surface area (Å²) in [6, 6.07) is 5.96. The van der Waals surface area contributed by atoms with Gasteiger partial charge in [-0.25, -0.2) is 13.6 Å². The van der Waals surface area contributed by atoms with Gasteiger partial charge in [0.2, 0.25) is 10.0 Å². The monoisotopic (exact) mass is 239 g/mol. The SMILES string of the molecule is CC#CCCOc1ccc(S(N)(=O)=O)cc1. The Morgan fingerprint density at radius 3 is 2.44 bits per heavy atom. The predicted octanol–water partition coefficient (Wildman–Crippen LogP) is 1.13. The molecule has 1 aromatic carbocycles. The van der Waals surface area contributed by atoms with Gasteiger partial charge in [0.1, 0.15) is 5.75 Å². The van der Waals surface area contributed by atoms with Gasteiger partial charge in [-0.1, -0.05) is 0 Å². The fourth-order valence-electron chi connectivity index (χ4n) is 1.07. The van der Waals surface area contributed by atoms with Crippen LogP contribution in [0.25, 0.3) is 0 Å². The van der Waals surface area contributed by atoms with E-state index in [-0.39, 0.29) is 4.90 Å². The number of hydrogen-bond donors (Lipinski definition) is 1. The number of ether oxygens (including phenoxy) is 1. The first-order chi connectivity index (χ1) is 7.54. The van der Waals surface area contributed by atoms with E-state index >= 15 is 0 Å². The van der Waals surface area contributed by atoms with Crippen molar-refractivity contribution < 1.29 is 13.2 Å². The average molecular weight is 239 g/mol. The van der Waals surface area contributed by atoms with Gasteiger partial charge in [-0.3, -0.25) is 0 Å². The van der Waals surface area contributed by atoms with E-state index in [1.54, 1.807) is 19.1 Å². The van der Waals surface area contributed by atoms with Crippen molar-refractivity contribution in [2.75, 3.05) is 6.61 Å². The molecule has 0 bridgehead atoms. The summed E-state index contributed by atoms with van der Waals surface area (Å²) in [5.41, 5.74) is 0. The summed E-state index contributed by atoms with van der Waals surface area (Å²) in [5, 5.41) is 4.96. The van der Waals surface area contributed by atoms with Gasteiger partial charge in [0.05, 0.1) is 11.5 Å². The van der Waals surface area contributed by atoms with Gasteiger partial charge < -0.3 is 4.74 Å². The summed E-state index contributed by atoms with van der Waals surface area (Å²) in [7, 11) is -3.63. The molecule has 0 aliphatic rings. The predicted molar refractivity (Wildman–Crippen MR) is 61.4 cm³/mol. The Morgan fingerprint density at radius 1 is 1.31 bits per heavy atom. The third-order valence-corrected chi connectivity index (χ3v) is 2.75. The molecule has 0 fully saturated rings. The van der Waals surface area contributed by atoms with Crippen LogP contribution in [-0.2, 0) is 10.0 Å². The van der Waals surface area contributed by atoms with Crippen molar-refractivity contribution in [3.8, 4) is 17.6 Å². The third-order valence-electron chi connectivity index (χ3n) is 1.82. The molecule has 2 N–H and O–H groups in total. The highest BCUT2D eigenvalue weighted by atomic mass is 32.2. The first kappa shape index (κ1) is 12.6. The Morgan fingerprint density at radius 2 is 1.94 bits per heavy atom. The molecule has 0 amide bonds. The van der Waals surface area contributed by atoms with Crippen LogP contribution in [0.4, 0.5) is 0 Å². The molecule has 4 nitrogen and oxygen atoms in total. The fraction of sp³-hybridized carbons (Fsp3) is 0.273. The van der Waals surface area contributed by atoms with Gasteiger partial charge in [-0.05, 0) is 31.2 Å². The van der Waals surface area contributed by atoms with Crippen molar-refractivity contribution in [3.05, 3.63) is 24.3 Å². The van der Waals surface area contributed by atoms with Gasteiger partial charge in [0, 0.05) is 6.42 Å². The highest BCUT2D eigenvalue weighted by molar-refractivity contribution is 7.89. The number of sulfonamides is 1. The Kier molecular flexibility index (Phi) is 4.35. The summed E-state index contributed by atoms with van der Waals surface area (Å²) in [6.07, 6.45) is 0.646. The minimum absolute atomic E-state index is 0.0770. The molecule has 0 unspecified atom stereocenters. The Labute approximate surface area is 95.5 Å².